The molecule has 2 atom stereocenters. The molecule has 1 rings (SSSR count). The second-order valence-electron chi connectivity index (χ2n) is 6.61. The van der Waals surface area contributed by atoms with Crippen LogP contribution in [0.3, 0.4) is 0 Å². The molecular weight excluding hydrogens is 366 g/mol. The van der Waals surface area contributed by atoms with Crippen molar-refractivity contribution in [3.8, 4) is 0 Å². The highest BCUT2D eigenvalue weighted by Crippen LogP contribution is 2.34. The molecule has 1 aromatic carbocycles. The minimum Gasteiger partial charge on any atom is -0.313 e. The van der Waals surface area contributed by atoms with Gasteiger partial charge in [0.15, 0.2) is 0 Å². The molecule has 108 valence electrons. The van der Waals surface area contributed by atoms with Gasteiger partial charge in [0, 0.05) is 15.0 Å². The lowest BCUT2D eigenvalue weighted by atomic mass is 9.82. The summed E-state index contributed by atoms with van der Waals surface area (Å²) in [7, 11) is 2.04. The molecule has 0 fully saturated rings. The van der Waals surface area contributed by atoms with Gasteiger partial charge in [-0.25, -0.2) is 0 Å². The van der Waals surface area contributed by atoms with E-state index in [9.17, 15) is 0 Å². The van der Waals surface area contributed by atoms with E-state index in [1.54, 1.807) is 0 Å². The Morgan fingerprint density at radius 3 is 2.37 bits per heavy atom. The van der Waals surface area contributed by atoms with E-state index < -0.39 is 0 Å². The Balaban J connectivity index is 2.80. The summed E-state index contributed by atoms with van der Waals surface area (Å²) in [5.41, 5.74) is 1.73. The van der Waals surface area contributed by atoms with Gasteiger partial charge in [0.25, 0.3) is 0 Å². The van der Waals surface area contributed by atoms with Gasteiger partial charge in [-0.3, -0.25) is 0 Å². The molecule has 1 nitrogen and oxygen atoms in total. The smallest absolute Gasteiger partial charge is 0.0331 e. The minimum absolute atomic E-state index is 0.393. The van der Waals surface area contributed by atoms with Gasteiger partial charge in [-0.15, -0.1) is 0 Å². The average Bonchev–Trinajstić information content (AvgIpc) is 2.27. The zero-order chi connectivity index (χ0) is 14.6. The maximum atomic E-state index is 3.66. The maximum Gasteiger partial charge on any atom is 0.0331 e. The van der Waals surface area contributed by atoms with Gasteiger partial charge in [0.05, 0.1) is 0 Å². The van der Waals surface area contributed by atoms with Gasteiger partial charge < -0.3 is 5.32 Å². The monoisotopic (exact) mass is 389 g/mol. The van der Waals surface area contributed by atoms with Crippen LogP contribution in [0.1, 0.15) is 52.1 Å². The van der Waals surface area contributed by atoms with Crippen molar-refractivity contribution >= 4 is 31.9 Å². The van der Waals surface area contributed by atoms with E-state index >= 15 is 0 Å². The number of rotatable bonds is 5. The largest absolute Gasteiger partial charge is 0.313 e. The highest BCUT2D eigenvalue weighted by molar-refractivity contribution is 9.11. The van der Waals surface area contributed by atoms with Gasteiger partial charge in [0.2, 0.25) is 0 Å². The highest BCUT2D eigenvalue weighted by atomic mass is 79.9. The summed E-state index contributed by atoms with van der Waals surface area (Å²) >= 11 is 7.22. The number of nitrogens with one attached hydrogen (secondary N) is 1. The SMILES string of the molecule is CNC(CC(C)CC(C)(C)C)c1cc(Br)ccc1Br. The molecule has 19 heavy (non-hydrogen) atoms. The Morgan fingerprint density at radius 1 is 1.21 bits per heavy atom. The van der Waals surface area contributed by atoms with Crippen LogP contribution in [0.5, 0.6) is 0 Å². The van der Waals surface area contributed by atoms with Crippen LogP contribution < -0.4 is 5.32 Å². The summed E-state index contributed by atoms with van der Waals surface area (Å²) in [5, 5.41) is 3.45. The standard InChI is InChI=1S/C16H25Br2N/c1-11(10-16(2,3)4)8-15(19-5)13-9-12(17)6-7-14(13)18/h6-7,9,11,15,19H,8,10H2,1-5H3. The van der Waals surface area contributed by atoms with Crippen molar-refractivity contribution in [2.45, 2.75) is 46.6 Å². The van der Waals surface area contributed by atoms with Crippen LogP contribution in [0.25, 0.3) is 0 Å². The molecule has 0 spiro atoms. The molecule has 0 aromatic heterocycles. The molecule has 0 saturated carbocycles. The van der Waals surface area contributed by atoms with Crippen molar-refractivity contribution in [1.82, 2.24) is 5.32 Å². The summed E-state index contributed by atoms with van der Waals surface area (Å²) in [6.45, 7) is 9.29. The topological polar surface area (TPSA) is 12.0 Å². The third-order valence-corrected chi connectivity index (χ3v) is 4.50. The Kier molecular flexibility index (Phi) is 6.55. The number of halogens is 2. The van der Waals surface area contributed by atoms with Gasteiger partial charge in [0.1, 0.15) is 0 Å². The molecule has 0 saturated heterocycles. The Bertz CT molecular complexity index is 410. The van der Waals surface area contributed by atoms with E-state index in [2.05, 4.69) is 83.1 Å². The van der Waals surface area contributed by atoms with Gasteiger partial charge in [-0.2, -0.15) is 0 Å². The molecule has 0 radical (unpaired) electrons. The Hall–Kier alpha value is 0.140. The molecule has 1 N–H and O–H groups in total. The normalized spacial score (nSPS) is 15.3. The number of hydrogen-bond acceptors (Lipinski definition) is 1. The maximum absolute atomic E-state index is 3.66. The molecular formula is C16H25Br2N. The molecule has 0 aliphatic rings. The Morgan fingerprint density at radius 2 is 1.84 bits per heavy atom. The molecule has 0 aliphatic heterocycles. The van der Waals surface area contributed by atoms with E-state index in [0.717, 1.165) is 10.9 Å². The molecule has 0 amide bonds. The van der Waals surface area contributed by atoms with Crippen LogP contribution >= 0.6 is 31.9 Å². The number of benzene rings is 1. The second-order valence-corrected chi connectivity index (χ2v) is 8.38. The molecule has 1 aromatic rings. The predicted octanol–water partition coefficient (Wildman–Crippen LogP) is 5.93. The van der Waals surface area contributed by atoms with E-state index in [-0.39, 0.29) is 0 Å². The number of hydrogen-bond donors (Lipinski definition) is 1. The van der Waals surface area contributed by atoms with Crippen molar-refractivity contribution in [3.63, 3.8) is 0 Å². The zero-order valence-electron chi connectivity index (χ0n) is 12.6. The van der Waals surface area contributed by atoms with E-state index in [1.165, 1.54) is 16.5 Å². The van der Waals surface area contributed by atoms with Gasteiger partial charge in [-0.05, 0) is 55.0 Å². The van der Waals surface area contributed by atoms with Crippen molar-refractivity contribution in [2.75, 3.05) is 7.05 Å². The molecule has 0 heterocycles. The third kappa shape index (κ3) is 5.97. The predicted molar refractivity (Wildman–Crippen MR) is 91.5 cm³/mol. The summed E-state index contributed by atoms with van der Waals surface area (Å²) in [6, 6.07) is 6.77. The molecule has 0 aliphatic carbocycles. The van der Waals surface area contributed by atoms with Crippen molar-refractivity contribution in [3.05, 3.63) is 32.7 Å². The van der Waals surface area contributed by atoms with Crippen LogP contribution in [0, 0.1) is 11.3 Å². The second kappa shape index (κ2) is 7.24. The fourth-order valence-electron chi connectivity index (χ4n) is 2.71. The van der Waals surface area contributed by atoms with Gasteiger partial charge >= 0.3 is 0 Å². The Labute approximate surface area is 134 Å². The third-order valence-electron chi connectivity index (χ3n) is 3.28. The van der Waals surface area contributed by atoms with Crippen molar-refractivity contribution in [1.29, 1.82) is 0 Å². The lowest BCUT2D eigenvalue weighted by Gasteiger charge is -2.27. The summed E-state index contributed by atoms with van der Waals surface area (Å²) in [6.07, 6.45) is 2.40. The first-order valence-electron chi connectivity index (χ1n) is 6.85. The summed E-state index contributed by atoms with van der Waals surface area (Å²) < 4.78 is 2.31. The first-order chi connectivity index (χ1) is 8.73. The summed E-state index contributed by atoms with van der Waals surface area (Å²) in [5.74, 6) is 0.698. The van der Waals surface area contributed by atoms with Crippen molar-refractivity contribution in [2.24, 2.45) is 11.3 Å². The minimum atomic E-state index is 0.393. The fourth-order valence-corrected chi connectivity index (χ4v) is 3.61. The molecule has 3 heteroatoms. The first kappa shape index (κ1) is 17.2. The zero-order valence-corrected chi connectivity index (χ0v) is 15.7. The molecule has 2 unspecified atom stereocenters. The van der Waals surface area contributed by atoms with E-state index in [0.29, 0.717) is 17.4 Å². The lowest BCUT2D eigenvalue weighted by Crippen LogP contribution is -2.21. The van der Waals surface area contributed by atoms with Gasteiger partial charge in [-0.1, -0.05) is 59.6 Å². The lowest BCUT2D eigenvalue weighted by molar-refractivity contribution is 0.279. The first-order valence-corrected chi connectivity index (χ1v) is 8.43. The van der Waals surface area contributed by atoms with Crippen molar-refractivity contribution < 1.29 is 0 Å². The van der Waals surface area contributed by atoms with Crippen LogP contribution in [0.4, 0.5) is 0 Å². The van der Waals surface area contributed by atoms with Crippen LogP contribution in [0.2, 0.25) is 0 Å². The highest BCUT2D eigenvalue weighted by Gasteiger charge is 2.20. The van der Waals surface area contributed by atoms with Crippen LogP contribution in [0.15, 0.2) is 27.1 Å². The quantitative estimate of drug-likeness (QED) is 0.656. The van der Waals surface area contributed by atoms with Crippen LogP contribution in [-0.2, 0) is 0 Å². The van der Waals surface area contributed by atoms with Crippen LogP contribution in [-0.4, -0.2) is 7.05 Å². The molecule has 0 bridgehead atoms. The van der Waals surface area contributed by atoms with E-state index in [4.69, 9.17) is 0 Å². The van der Waals surface area contributed by atoms with E-state index in [1.807, 2.05) is 7.05 Å². The average molecular weight is 391 g/mol. The fraction of sp³-hybridized carbons (Fsp3) is 0.625. The summed E-state index contributed by atoms with van der Waals surface area (Å²) in [4.78, 5) is 0.